The zero-order valence-corrected chi connectivity index (χ0v) is 10.0. The predicted molar refractivity (Wildman–Crippen MR) is 68.5 cm³/mol. The number of pyridine rings is 1. The summed E-state index contributed by atoms with van der Waals surface area (Å²) in [5.74, 6) is 0.581. The van der Waals surface area contributed by atoms with E-state index in [1.807, 2.05) is 29.6 Å². The number of carbonyl (C=O) groups excluding carboxylic acids is 1. The van der Waals surface area contributed by atoms with Gasteiger partial charge in [-0.2, -0.15) is 0 Å². The lowest BCUT2D eigenvalue weighted by molar-refractivity contribution is 0.103. The smallest absolute Gasteiger partial charge is 0.265 e. The number of amides is 1. The van der Waals surface area contributed by atoms with Crippen molar-refractivity contribution in [2.75, 3.05) is 5.32 Å². The van der Waals surface area contributed by atoms with E-state index >= 15 is 0 Å². The van der Waals surface area contributed by atoms with Crippen LogP contribution in [0, 0.1) is 0 Å². The second-order valence-corrected chi connectivity index (χ2v) is 5.13. The van der Waals surface area contributed by atoms with Crippen LogP contribution < -0.4 is 5.32 Å². The van der Waals surface area contributed by atoms with E-state index in [2.05, 4.69) is 10.3 Å². The van der Waals surface area contributed by atoms with Gasteiger partial charge < -0.3 is 5.32 Å². The zero-order chi connectivity index (χ0) is 11.7. The molecule has 0 atom stereocenters. The third-order valence-electron chi connectivity index (χ3n) is 2.78. The summed E-state index contributed by atoms with van der Waals surface area (Å²) in [6.07, 6.45) is 4.22. The van der Waals surface area contributed by atoms with Crippen LogP contribution in [0.1, 0.15) is 34.1 Å². The molecule has 3 rings (SSSR count). The van der Waals surface area contributed by atoms with E-state index < -0.39 is 0 Å². The van der Waals surface area contributed by atoms with Crippen LogP contribution in [0.15, 0.2) is 35.8 Å². The normalized spacial score (nSPS) is 14.6. The highest BCUT2D eigenvalue weighted by atomic mass is 32.1. The van der Waals surface area contributed by atoms with Crippen LogP contribution in [0.4, 0.5) is 5.69 Å². The molecule has 0 bridgehead atoms. The lowest BCUT2D eigenvalue weighted by atomic mass is 10.2. The largest absolute Gasteiger partial charge is 0.320 e. The van der Waals surface area contributed by atoms with Crippen molar-refractivity contribution in [2.45, 2.75) is 18.8 Å². The SMILES string of the molecule is O=C(Nc1ccc(C2CC2)nc1)c1cccs1. The van der Waals surface area contributed by atoms with Gasteiger partial charge in [-0.15, -0.1) is 11.3 Å². The molecule has 0 aromatic carbocycles. The van der Waals surface area contributed by atoms with E-state index in [-0.39, 0.29) is 5.91 Å². The van der Waals surface area contributed by atoms with Crippen LogP contribution in [-0.2, 0) is 0 Å². The number of carbonyl (C=O) groups is 1. The molecule has 2 aromatic heterocycles. The lowest BCUT2D eigenvalue weighted by Gasteiger charge is -2.04. The van der Waals surface area contributed by atoms with E-state index in [0.29, 0.717) is 5.92 Å². The highest BCUT2D eigenvalue weighted by Crippen LogP contribution is 2.38. The van der Waals surface area contributed by atoms with Crippen LogP contribution in [-0.4, -0.2) is 10.9 Å². The zero-order valence-electron chi connectivity index (χ0n) is 9.22. The van der Waals surface area contributed by atoms with Crippen molar-refractivity contribution in [1.29, 1.82) is 0 Å². The molecule has 1 aliphatic rings. The van der Waals surface area contributed by atoms with Gasteiger partial charge in [-0.05, 0) is 36.4 Å². The molecule has 1 aliphatic carbocycles. The topological polar surface area (TPSA) is 42.0 Å². The van der Waals surface area contributed by atoms with Gasteiger partial charge in [-0.1, -0.05) is 6.07 Å². The average molecular weight is 244 g/mol. The second-order valence-electron chi connectivity index (χ2n) is 4.18. The Balaban J connectivity index is 1.70. The van der Waals surface area contributed by atoms with E-state index in [0.717, 1.165) is 16.3 Å². The maximum atomic E-state index is 11.8. The standard InChI is InChI=1S/C13H12N2OS/c16-13(12-2-1-7-17-12)15-10-5-6-11(14-8-10)9-3-4-9/h1-2,5-9H,3-4H2,(H,15,16). The Kier molecular flexibility index (Phi) is 2.65. The Morgan fingerprint density at radius 3 is 2.82 bits per heavy atom. The van der Waals surface area contributed by atoms with E-state index in [1.165, 1.54) is 24.2 Å². The number of aromatic nitrogens is 1. The molecule has 0 aliphatic heterocycles. The third kappa shape index (κ3) is 2.36. The summed E-state index contributed by atoms with van der Waals surface area (Å²) in [7, 11) is 0. The molecule has 1 N–H and O–H groups in total. The van der Waals surface area contributed by atoms with Crippen LogP contribution >= 0.6 is 11.3 Å². The Labute approximate surface area is 104 Å². The van der Waals surface area contributed by atoms with Gasteiger partial charge in [0.1, 0.15) is 0 Å². The minimum atomic E-state index is -0.0685. The van der Waals surface area contributed by atoms with Gasteiger partial charge in [0.05, 0.1) is 16.8 Å². The molecule has 0 spiro atoms. The molecule has 17 heavy (non-hydrogen) atoms. The molecule has 86 valence electrons. The Hall–Kier alpha value is -1.68. The quantitative estimate of drug-likeness (QED) is 0.900. The fourth-order valence-electron chi connectivity index (χ4n) is 1.70. The van der Waals surface area contributed by atoms with E-state index in [1.54, 1.807) is 6.20 Å². The first-order valence-corrected chi connectivity index (χ1v) is 6.52. The average Bonchev–Trinajstić information content (AvgIpc) is 3.05. The summed E-state index contributed by atoms with van der Waals surface area (Å²) in [6, 6.07) is 7.61. The molecule has 0 saturated heterocycles. The third-order valence-corrected chi connectivity index (χ3v) is 3.65. The summed E-state index contributed by atoms with van der Waals surface area (Å²) < 4.78 is 0. The van der Waals surface area contributed by atoms with Crippen molar-refractivity contribution in [3.05, 3.63) is 46.4 Å². The number of hydrogen-bond donors (Lipinski definition) is 1. The number of rotatable bonds is 3. The summed E-state index contributed by atoms with van der Waals surface area (Å²) >= 11 is 1.44. The second kappa shape index (κ2) is 4.30. The Bertz CT molecular complexity index is 515. The van der Waals surface area contributed by atoms with Crippen molar-refractivity contribution in [3.8, 4) is 0 Å². The fraction of sp³-hybridized carbons (Fsp3) is 0.231. The molecular formula is C13H12N2OS. The molecule has 3 nitrogen and oxygen atoms in total. The van der Waals surface area contributed by atoms with Crippen LogP contribution in [0.5, 0.6) is 0 Å². The molecule has 4 heteroatoms. The molecular weight excluding hydrogens is 232 g/mol. The minimum absolute atomic E-state index is 0.0685. The van der Waals surface area contributed by atoms with Crippen molar-refractivity contribution < 1.29 is 4.79 Å². The predicted octanol–water partition coefficient (Wildman–Crippen LogP) is 3.27. The molecule has 0 radical (unpaired) electrons. The van der Waals surface area contributed by atoms with Crippen molar-refractivity contribution in [2.24, 2.45) is 0 Å². The summed E-state index contributed by atoms with van der Waals surface area (Å²) in [5, 5.41) is 4.73. The van der Waals surface area contributed by atoms with E-state index in [4.69, 9.17) is 0 Å². The van der Waals surface area contributed by atoms with Crippen molar-refractivity contribution >= 4 is 22.9 Å². The molecule has 1 saturated carbocycles. The Morgan fingerprint density at radius 1 is 1.35 bits per heavy atom. The maximum Gasteiger partial charge on any atom is 0.265 e. The van der Waals surface area contributed by atoms with Crippen LogP contribution in [0.2, 0.25) is 0 Å². The highest BCUT2D eigenvalue weighted by molar-refractivity contribution is 7.12. The number of hydrogen-bond acceptors (Lipinski definition) is 3. The molecule has 1 amide bonds. The van der Waals surface area contributed by atoms with Gasteiger partial charge in [-0.25, -0.2) is 0 Å². The summed E-state index contributed by atoms with van der Waals surface area (Å²) in [5.41, 5.74) is 1.90. The first-order valence-electron chi connectivity index (χ1n) is 5.64. The summed E-state index contributed by atoms with van der Waals surface area (Å²) in [4.78, 5) is 16.9. The number of anilines is 1. The van der Waals surface area contributed by atoms with E-state index in [9.17, 15) is 4.79 Å². The molecule has 2 heterocycles. The first-order chi connectivity index (χ1) is 8.33. The van der Waals surface area contributed by atoms with Gasteiger partial charge in [0.2, 0.25) is 0 Å². The molecule has 2 aromatic rings. The molecule has 0 unspecified atom stereocenters. The fourth-order valence-corrected chi connectivity index (χ4v) is 2.32. The molecule has 1 fully saturated rings. The maximum absolute atomic E-state index is 11.8. The summed E-state index contributed by atoms with van der Waals surface area (Å²) in [6.45, 7) is 0. The minimum Gasteiger partial charge on any atom is -0.320 e. The van der Waals surface area contributed by atoms with Gasteiger partial charge in [0.25, 0.3) is 5.91 Å². The van der Waals surface area contributed by atoms with Crippen LogP contribution in [0.25, 0.3) is 0 Å². The lowest BCUT2D eigenvalue weighted by Crippen LogP contribution is -2.10. The monoisotopic (exact) mass is 244 g/mol. The van der Waals surface area contributed by atoms with Crippen molar-refractivity contribution in [3.63, 3.8) is 0 Å². The Morgan fingerprint density at radius 2 is 2.24 bits per heavy atom. The van der Waals surface area contributed by atoms with Gasteiger partial charge in [0.15, 0.2) is 0 Å². The van der Waals surface area contributed by atoms with Gasteiger partial charge in [0, 0.05) is 11.6 Å². The highest BCUT2D eigenvalue weighted by Gasteiger charge is 2.24. The van der Waals surface area contributed by atoms with Crippen LogP contribution in [0.3, 0.4) is 0 Å². The van der Waals surface area contributed by atoms with Crippen molar-refractivity contribution in [1.82, 2.24) is 4.98 Å². The number of thiophene rings is 1. The van der Waals surface area contributed by atoms with Gasteiger partial charge >= 0.3 is 0 Å². The van der Waals surface area contributed by atoms with Gasteiger partial charge in [-0.3, -0.25) is 9.78 Å². The number of nitrogens with one attached hydrogen (secondary N) is 1. The number of nitrogens with zero attached hydrogens (tertiary/aromatic N) is 1. The first kappa shape index (κ1) is 10.5.